The molecule has 0 spiro atoms. The van der Waals surface area contributed by atoms with Gasteiger partial charge in [0.25, 0.3) is 5.91 Å². The van der Waals surface area contributed by atoms with Gasteiger partial charge in [0.1, 0.15) is 18.0 Å². The fourth-order valence-electron chi connectivity index (χ4n) is 2.35. The number of nitrogens with zero attached hydrogens (tertiary/aromatic N) is 2. The van der Waals surface area contributed by atoms with Crippen LogP contribution in [0.1, 0.15) is 22.5 Å². The van der Waals surface area contributed by atoms with Crippen LogP contribution in [-0.4, -0.2) is 29.0 Å². The van der Waals surface area contributed by atoms with Crippen molar-refractivity contribution in [3.05, 3.63) is 54.0 Å². The Bertz CT molecular complexity index is 863. The summed E-state index contributed by atoms with van der Waals surface area (Å²) >= 11 is 0. The van der Waals surface area contributed by atoms with Crippen LogP contribution in [0, 0.1) is 12.7 Å². The van der Waals surface area contributed by atoms with Crippen molar-refractivity contribution in [2.45, 2.75) is 13.3 Å². The summed E-state index contributed by atoms with van der Waals surface area (Å²) in [7, 11) is 0. The fourth-order valence-corrected chi connectivity index (χ4v) is 2.35. The van der Waals surface area contributed by atoms with Crippen LogP contribution in [0.3, 0.4) is 0 Å². The predicted molar refractivity (Wildman–Crippen MR) is 88.4 cm³/mol. The van der Waals surface area contributed by atoms with Crippen LogP contribution in [0.15, 0.2) is 41.3 Å². The van der Waals surface area contributed by atoms with Crippen LogP contribution in [0.2, 0.25) is 0 Å². The number of nitrogens with one attached hydrogen (secondary N) is 2. The second-order valence-electron chi connectivity index (χ2n) is 5.35. The van der Waals surface area contributed by atoms with E-state index in [2.05, 4.69) is 20.6 Å². The third-order valence-electron chi connectivity index (χ3n) is 3.60. The van der Waals surface area contributed by atoms with Crippen LogP contribution >= 0.6 is 0 Å². The Balaban J connectivity index is 1.51. The van der Waals surface area contributed by atoms with E-state index >= 15 is 0 Å². The Hall–Kier alpha value is -2.96. The molecule has 0 aliphatic rings. The van der Waals surface area contributed by atoms with Crippen LogP contribution in [0.25, 0.3) is 10.9 Å². The molecule has 2 aromatic heterocycles. The van der Waals surface area contributed by atoms with E-state index < -0.39 is 0 Å². The van der Waals surface area contributed by atoms with E-state index in [1.165, 1.54) is 24.7 Å². The largest absolute Gasteiger partial charge is 0.459 e. The minimum Gasteiger partial charge on any atom is -0.459 e. The lowest BCUT2D eigenvalue weighted by Gasteiger charge is -2.09. The van der Waals surface area contributed by atoms with Gasteiger partial charge in [-0.05, 0) is 37.6 Å². The van der Waals surface area contributed by atoms with Gasteiger partial charge in [-0.1, -0.05) is 0 Å². The number of rotatable bonds is 6. The quantitative estimate of drug-likeness (QED) is 0.680. The Labute approximate surface area is 138 Å². The van der Waals surface area contributed by atoms with Crippen LogP contribution in [0.4, 0.5) is 10.2 Å². The first-order chi connectivity index (χ1) is 11.6. The zero-order valence-electron chi connectivity index (χ0n) is 13.2. The van der Waals surface area contributed by atoms with E-state index in [1.807, 2.05) is 6.92 Å². The van der Waals surface area contributed by atoms with Crippen molar-refractivity contribution in [2.24, 2.45) is 0 Å². The third kappa shape index (κ3) is 3.51. The first-order valence-electron chi connectivity index (χ1n) is 7.61. The van der Waals surface area contributed by atoms with Crippen molar-refractivity contribution in [1.82, 2.24) is 15.3 Å². The second-order valence-corrected chi connectivity index (χ2v) is 5.35. The molecule has 3 rings (SSSR count). The number of aryl methyl sites for hydroxylation is 1. The SMILES string of the molecule is Cc1ccoc1C(=O)NCCCNc1ncnc2ccc(F)cc12. The third-order valence-corrected chi connectivity index (χ3v) is 3.60. The molecule has 0 bridgehead atoms. The van der Waals surface area contributed by atoms with Crippen molar-refractivity contribution < 1.29 is 13.6 Å². The predicted octanol–water partition coefficient (Wildman–Crippen LogP) is 2.90. The van der Waals surface area contributed by atoms with Crippen LogP contribution in [-0.2, 0) is 0 Å². The molecule has 0 saturated heterocycles. The Morgan fingerprint density at radius 2 is 2.12 bits per heavy atom. The van der Waals surface area contributed by atoms with Gasteiger partial charge >= 0.3 is 0 Å². The van der Waals surface area contributed by atoms with Crippen molar-refractivity contribution in [2.75, 3.05) is 18.4 Å². The summed E-state index contributed by atoms with van der Waals surface area (Å²) < 4.78 is 18.5. The Morgan fingerprint density at radius 1 is 1.25 bits per heavy atom. The number of furan rings is 1. The number of anilines is 1. The molecule has 1 aromatic carbocycles. The smallest absolute Gasteiger partial charge is 0.287 e. The van der Waals surface area contributed by atoms with E-state index in [-0.39, 0.29) is 11.7 Å². The van der Waals surface area contributed by atoms with Gasteiger partial charge in [0.05, 0.1) is 11.8 Å². The average Bonchev–Trinajstić information content (AvgIpc) is 3.00. The van der Waals surface area contributed by atoms with Crippen LogP contribution in [0.5, 0.6) is 0 Å². The van der Waals surface area contributed by atoms with E-state index in [0.717, 1.165) is 5.56 Å². The molecule has 0 saturated carbocycles. The van der Waals surface area contributed by atoms with Gasteiger partial charge in [0, 0.05) is 24.0 Å². The Kier molecular flexibility index (Phi) is 4.69. The number of halogens is 1. The molecule has 7 heteroatoms. The molecule has 6 nitrogen and oxygen atoms in total. The summed E-state index contributed by atoms with van der Waals surface area (Å²) in [6, 6.07) is 6.13. The molecule has 124 valence electrons. The highest BCUT2D eigenvalue weighted by molar-refractivity contribution is 5.92. The standard InChI is InChI=1S/C17H17FN4O2/c1-11-5-8-24-15(11)17(23)20-7-2-6-19-16-13-9-12(18)3-4-14(13)21-10-22-16/h3-5,8-10H,2,6-7H2,1H3,(H,20,23)(H,19,21,22). The summed E-state index contributed by atoms with van der Waals surface area (Å²) in [6.45, 7) is 2.89. The van der Waals surface area contributed by atoms with Gasteiger partial charge in [0.15, 0.2) is 5.76 Å². The van der Waals surface area contributed by atoms with E-state index in [1.54, 1.807) is 12.1 Å². The molecule has 0 unspecified atom stereocenters. The summed E-state index contributed by atoms with van der Waals surface area (Å²) in [5.74, 6) is 0.349. The molecule has 1 amide bonds. The van der Waals surface area contributed by atoms with Gasteiger partial charge in [0.2, 0.25) is 0 Å². The van der Waals surface area contributed by atoms with E-state index in [0.29, 0.717) is 42.0 Å². The van der Waals surface area contributed by atoms with E-state index in [4.69, 9.17) is 4.42 Å². The molecule has 0 radical (unpaired) electrons. The molecule has 2 N–H and O–H groups in total. The molecule has 24 heavy (non-hydrogen) atoms. The zero-order valence-corrected chi connectivity index (χ0v) is 13.2. The normalized spacial score (nSPS) is 10.8. The van der Waals surface area contributed by atoms with Gasteiger partial charge in [-0.25, -0.2) is 14.4 Å². The summed E-state index contributed by atoms with van der Waals surface area (Å²) in [6.07, 6.45) is 3.61. The molecular weight excluding hydrogens is 311 g/mol. The highest BCUT2D eigenvalue weighted by Gasteiger charge is 2.11. The van der Waals surface area contributed by atoms with Gasteiger partial charge in [-0.15, -0.1) is 0 Å². The number of hydrogen-bond acceptors (Lipinski definition) is 5. The van der Waals surface area contributed by atoms with Gasteiger partial charge in [-0.3, -0.25) is 4.79 Å². The molecule has 0 fully saturated rings. The molecule has 3 aromatic rings. The lowest BCUT2D eigenvalue weighted by atomic mass is 10.2. The lowest BCUT2D eigenvalue weighted by Crippen LogP contribution is -2.26. The van der Waals surface area contributed by atoms with Crippen molar-refractivity contribution in [1.29, 1.82) is 0 Å². The Morgan fingerprint density at radius 3 is 2.92 bits per heavy atom. The molecule has 0 atom stereocenters. The van der Waals surface area contributed by atoms with Crippen LogP contribution < -0.4 is 10.6 Å². The number of carbonyl (C=O) groups is 1. The first-order valence-corrected chi connectivity index (χ1v) is 7.61. The maximum absolute atomic E-state index is 13.4. The van der Waals surface area contributed by atoms with Crippen molar-refractivity contribution in [3.8, 4) is 0 Å². The maximum atomic E-state index is 13.4. The van der Waals surface area contributed by atoms with Gasteiger partial charge in [-0.2, -0.15) is 0 Å². The monoisotopic (exact) mass is 328 g/mol. The number of benzene rings is 1. The maximum Gasteiger partial charge on any atom is 0.287 e. The lowest BCUT2D eigenvalue weighted by molar-refractivity contribution is 0.0925. The molecule has 2 heterocycles. The number of amides is 1. The summed E-state index contributed by atoms with van der Waals surface area (Å²) in [5, 5.41) is 6.57. The molecule has 0 aliphatic carbocycles. The van der Waals surface area contributed by atoms with Crippen molar-refractivity contribution >= 4 is 22.6 Å². The minimum absolute atomic E-state index is 0.230. The van der Waals surface area contributed by atoms with Gasteiger partial charge < -0.3 is 15.1 Å². The van der Waals surface area contributed by atoms with E-state index in [9.17, 15) is 9.18 Å². The topological polar surface area (TPSA) is 80.0 Å². The number of fused-ring (bicyclic) bond motifs is 1. The average molecular weight is 328 g/mol. The summed E-state index contributed by atoms with van der Waals surface area (Å²) in [5.41, 5.74) is 1.48. The number of carbonyl (C=O) groups excluding carboxylic acids is 1. The second kappa shape index (κ2) is 7.08. The minimum atomic E-state index is -0.332. The fraction of sp³-hybridized carbons (Fsp3) is 0.235. The number of aromatic nitrogens is 2. The number of hydrogen-bond donors (Lipinski definition) is 2. The first kappa shape index (κ1) is 15.9. The highest BCUT2D eigenvalue weighted by Crippen LogP contribution is 2.19. The molecular formula is C17H17FN4O2. The highest BCUT2D eigenvalue weighted by atomic mass is 19.1. The zero-order chi connectivity index (χ0) is 16.9. The molecule has 0 aliphatic heterocycles. The van der Waals surface area contributed by atoms with Crippen molar-refractivity contribution in [3.63, 3.8) is 0 Å². The summed E-state index contributed by atoms with van der Waals surface area (Å²) in [4.78, 5) is 20.1.